The van der Waals surface area contributed by atoms with Gasteiger partial charge >= 0.3 is 11.8 Å². The van der Waals surface area contributed by atoms with Gasteiger partial charge in [-0.2, -0.15) is 0 Å². The first kappa shape index (κ1) is 13.1. The van der Waals surface area contributed by atoms with Crippen LogP contribution < -0.4 is 4.90 Å². The van der Waals surface area contributed by atoms with E-state index in [9.17, 15) is 9.59 Å². The Morgan fingerprint density at radius 2 is 1.75 bits per heavy atom. The van der Waals surface area contributed by atoms with E-state index in [-0.39, 0.29) is 0 Å². The number of nitrogens with zero attached hydrogens (tertiary/aromatic N) is 2. The number of anilines is 1. The Bertz CT molecular complexity index is 524. The zero-order chi connectivity index (χ0) is 13.9. The number of hydrogen-bond donors (Lipinski definition) is 0. The van der Waals surface area contributed by atoms with Gasteiger partial charge in [0.25, 0.3) is 0 Å². The molecule has 0 atom stereocenters. The molecule has 1 aromatic rings. The molecule has 5 heteroatoms. The summed E-state index contributed by atoms with van der Waals surface area (Å²) in [4.78, 5) is 27.9. The number of carbonyl (C=O) groups is 2. The third-order valence-corrected chi connectivity index (χ3v) is 3.84. The van der Waals surface area contributed by atoms with Gasteiger partial charge in [0.05, 0.1) is 13.2 Å². The summed E-state index contributed by atoms with van der Waals surface area (Å²) >= 11 is 0. The van der Waals surface area contributed by atoms with Crippen molar-refractivity contribution < 1.29 is 14.3 Å². The molecule has 1 aromatic carbocycles. The summed E-state index contributed by atoms with van der Waals surface area (Å²) in [6.45, 7) is 2.64. The van der Waals surface area contributed by atoms with Crippen molar-refractivity contribution in [3.05, 3.63) is 29.8 Å². The largest absolute Gasteiger partial charge is 0.378 e. The number of rotatable bonds is 0. The normalized spacial score (nSPS) is 18.6. The molecule has 0 unspecified atom stereocenters. The maximum absolute atomic E-state index is 12.5. The molecule has 0 saturated carbocycles. The maximum Gasteiger partial charge on any atom is 0.316 e. The molecule has 106 valence electrons. The molecule has 0 radical (unpaired) electrons. The van der Waals surface area contributed by atoms with Crippen LogP contribution in [0.1, 0.15) is 12.0 Å². The van der Waals surface area contributed by atoms with Gasteiger partial charge in [0.2, 0.25) is 0 Å². The smallest absolute Gasteiger partial charge is 0.316 e. The van der Waals surface area contributed by atoms with Crippen LogP contribution >= 0.6 is 0 Å². The molecule has 20 heavy (non-hydrogen) atoms. The second-order valence-corrected chi connectivity index (χ2v) is 5.09. The van der Waals surface area contributed by atoms with E-state index in [1.54, 1.807) is 9.80 Å². The zero-order valence-corrected chi connectivity index (χ0v) is 11.4. The second kappa shape index (κ2) is 5.63. The molecule has 2 heterocycles. The highest BCUT2D eigenvalue weighted by Crippen LogP contribution is 2.26. The summed E-state index contributed by atoms with van der Waals surface area (Å²) in [5.41, 5.74) is 2.02. The monoisotopic (exact) mass is 274 g/mol. The molecule has 0 aromatic heterocycles. The molecule has 0 aliphatic carbocycles. The first-order valence-corrected chi connectivity index (χ1v) is 7.04. The maximum atomic E-state index is 12.5. The van der Waals surface area contributed by atoms with Crippen LogP contribution in [-0.2, 0) is 20.7 Å². The zero-order valence-electron chi connectivity index (χ0n) is 11.4. The van der Waals surface area contributed by atoms with Crippen molar-refractivity contribution in [2.45, 2.75) is 12.8 Å². The summed E-state index contributed by atoms with van der Waals surface area (Å²) in [7, 11) is 0. The highest BCUT2D eigenvalue weighted by Gasteiger charge is 2.31. The Morgan fingerprint density at radius 1 is 1.00 bits per heavy atom. The van der Waals surface area contributed by atoms with Crippen molar-refractivity contribution in [2.24, 2.45) is 0 Å². The fraction of sp³-hybridized carbons (Fsp3) is 0.467. The number of amides is 2. The van der Waals surface area contributed by atoms with Crippen molar-refractivity contribution in [3.8, 4) is 0 Å². The highest BCUT2D eigenvalue weighted by atomic mass is 16.5. The number of fused-ring (bicyclic) bond motifs is 1. The summed E-state index contributed by atoms with van der Waals surface area (Å²) in [5, 5.41) is 0. The molecule has 0 bridgehead atoms. The highest BCUT2D eigenvalue weighted by molar-refractivity contribution is 6.40. The Morgan fingerprint density at radius 3 is 2.55 bits per heavy atom. The number of morpholine rings is 1. The fourth-order valence-electron chi connectivity index (χ4n) is 2.76. The topological polar surface area (TPSA) is 49.9 Å². The first-order chi connectivity index (χ1) is 9.77. The molecular formula is C15H18N2O3. The molecule has 1 fully saturated rings. The van der Waals surface area contributed by atoms with E-state index in [1.165, 1.54) is 0 Å². The molecule has 2 aliphatic heterocycles. The second-order valence-electron chi connectivity index (χ2n) is 5.09. The average Bonchev–Trinajstić information content (AvgIpc) is 2.54. The minimum absolute atomic E-state index is 0.412. The van der Waals surface area contributed by atoms with Crippen molar-refractivity contribution >= 4 is 17.5 Å². The van der Waals surface area contributed by atoms with Gasteiger partial charge in [-0.25, -0.2) is 0 Å². The lowest BCUT2D eigenvalue weighted by Gasteiger charge is -2.32. The van der Waals surface area contributed by atoms with E-state index in [4.69, 9.17) is 4.74 Å². The molecular weight excluding hydrogens is 256 g/mol. The summed E-state index contributed by atoms with van der Waals surface area (Å²) in [5.74, 6) is -0.830. The van der Waals surface area contributed by atoms with E-state index in [2.05, 4.69) is 0 Å². The Labute approximate surface area is 118 Å². The van der Waals surface area contributed by atoms with Gasteiger partial charge in [-0.1, -0.05) is 18.2 Å². The average molecular weight is 274 g/mol. The standard InChI is InChI=1S/C15H18N2O3/c18-14(16-8-10-20-11-9-16)15(19)17-7-3-5-12-4-1-2-6-13(12)17/h1-2,4,6H,3,5,7-11H2. The Balaban J connectivity index is 1.79. The van der Waals surface area contributed by atoms with Gasteiger partial charge in [-0.3, -0.25) is 9.59 Å². The van der Waals surface area contributed by atoms with E-state index in [0.29, 0.717) is 32.8 Å². The number of ether oxygens (including phenoxy) is 1. The lowest BCUT2D eigenvalue weighted by atomic mass is 10.0. The van der Waals surface area contributed by atoms with Crippen LogP contribution in [0, 0.1) is 0 Å². The Kier molecular flexibility index (Phi) is 3.69. The minimum Gasteiger partial charge on any atom is -0.378 e. The van der Waals surface area contributed by atoms with Crippen LogP contribution in [-0.4, -0.2) is 49.6 Å². The summed E-state index contributed by atoms with van der Waals surface area (Å²) in [6, 6.07) is 7.81. The van der Waals surface area contributed by atoms with Gasteiger partial charge in [-0.05, 0) is 24.5 Å². The molecule has 2 aliphatic rings. The number of carbonyl (C=O) groups excluding carboxylic acids is 2. The van der Waals surface area contributed by atoms with Crippen LogP contribution in [0.25, 0.3) is 0 Å². The van der Waals surface area contributed by atoms with E-state index in [0.717, 1.165) is 24.1 Å². The number of hydrogen-bond acceptors (Lipinski definition) is 3. The van der Waals surface area contributed by atoms with Gasteiger partial charge in [0.15, 0.2) is 0 Å². The molecule has 3 rings (SSSR count). The van der Waals surface area contributed by atoms with E-state index in [1.807, 2.05) is 24.3 Å². The van der Waals surface area contributed by atoms with Crippen molar-refractivity contribution in [1.82, 2.24) is 4.90 Å². The quantitative estimate of drug-likeness (QED) is 0.658. The van der Waals surface area contributed by atoms with Crippen LogP contribution in [0.3, 0.4) is 0 Å². The van der Waals surface area contributed by atoms with Crippen LogP contribution in [0.5, 0.6) is 0 Å². The molecule has 1 saturated heterocycles. The lowest BCUT2D eigenvalue weighted by Crippen LogP contribution is -2.50. The van der Waals surface area contributed by atoms with Crippen LogP contribution in [0.2, 0.25) is 0 Å². The third kappa shape index (κ3) is 2.41. The Hall–Kier alpha value is -1.88. The van der Waals surface area contributed by atoms with Gasteiger partial charge in [0, 0.05) is 25.3 Å². The number of aryl methyl sites for hydroxylation is 1. The van der Waals surface area contributed by atoms with Crippen molar-refractivity contribution in [3.63, 3.8) is 0 Å². The predicted molar refractivity (Wildman–Crippen MR) is 74.5 cm³/mol. The molecule has 0 N–H and O–H groups in total. The predicted octanol–water partition coefficient (Wildman–Crippen LogP) is 0.825. The lowest BCUT2D eigenvalue weighted by molar-refractivity contribution is -0.147. The van der Waals surface area contributed by atoms with Gasteiger partial charge < -0.3 is 14.5 Å². The van der Waals surface area contributed by atoms with Gasteiger partial charge in [-0.15, -0.1) is 0 Å². The van der Waals surface area contributed by atoms with Gasteiger partial charge in [0.1, 0.15) is 0 Å². The SMILES string of the molecule is O=C(C(=O)N1CCCc2ccccc21)N1CCOCC1. The van der Waals surface area contributed by atoms with E-state index >= 15 is 0 Å². The number of benzene rings is 1. The summed E-state index contributed by atoms with van der Waals surface area (Å²) in [6.07, 6.45) is 1.87. The molecule has 5 nitrogen and oxygen atoms in total. The van der Waals surface area contributed by atoms with Crippen LogP contribution in [0.15, 0.2) is 24.3 Å². The first-order valence-electron chi connectivity index (χ1n) is 7.04. The molecule has 2 amide bonds. The number of para-hydroxylation sites is 1. The molecule has 0 spiro atoms. The minimum atomic E-state index is -0.418. The van der Waals surface area contributed by atoms with Crippen molar-refractivity contribution in [2.75, 3.05) is 37.7 Å². The van der Waals surface area contributed by atoms with Crippen LogP contribution in [0.4, 0.5) is 5.69 Å². The van der Waals surface area contributed by atoms with E-state index < -0.39 is 11.8 Å². The fourth-order valence-corrected chi connectivity index (χ4v) is 2.76. The summed E-state index contributed by atoms with van der Waals surface area (Å²) < 4.78 is 5.21. The van der Waals surface area contributed by atoms with Crippen molar-refractivity contribution in [1.29, 1.82) is 0 Å². The third-order valence-electron chi connectivity index (χ3n) is 3.84.